The maximum atomic E-state index is 12.9. The summed E-state index contributed by atoms with van der Waals surface area (Å²) in [6.07, 6.45) is -8.48. The third-order valence-electron chi connectivity index (χ3n) is 3.11. The molecule has 2 heterocycles. The minimum absolute atomic E-state index is 0.0279. The molecule has 1 aromatic carbocycles. The van der Waals surface area contributed by atoms with E-state index >= 15 is 0 Å². The molecule has 3 aromatic rings. The number of nitrogens with zero attached hydrogens (tertiary/aromatic N) is 5. The van der Waals surface area contributed by atoms with Crippen molar-refractivity contribution in [1.82, 2.24) is 25.2 Å². The first-order valence-corrected chi connectivity index (χ1v) is 6.66. The zero-order valence-corrected chi connectivity index (χ0v) is 12.0. The molecule has 0 radical (unpaired) electrons. The second-order valence-corrected chi connectivity index (χ2v) is 4.88. The molecular weight excluding hydrogens is 352 g/mol. The van der Waals surface area contributed by atoms with Crippen molar-refractivity contribution >= 4 is 0 Å². The monoisotopic (exact) mass is 359 g/mol. The molecule has 0 N–H and O–H groups in total. The molecule has 0 saturated carbocycles. The van der Waals surface area contributed by atoms with Crippen molar-refractivity contribution in [3.63, 3.8) is 0 Å². The number of hydrogen-bond donors (Lipinski definition) is 0. The summed E-state index contributed by atoms with van der Waals surface area (Å²) in [7, 11) is 0. The lowest BCUT2D eigenvalue weighted by Gasteiger charge is -2.13. The Morgan fingerprint density at radius 3 is 2.00 bits per heavy atom. The first-order chi connectivity index (χ1) is 11.6. The fourth-order valence-electron chi connectivity index (χ4n) is 1.98. The number of aromatic nitrogens is 5. The van der Waals surface area contributed by atoms with E-state index in [1.54, 1.807) is 12.1 Å². The third kappa shape index (κ3) is 3.59. The average molecular weight is 359 g/mol. The fraction of sp³-hybridized carbons (Fsp3) is 0.143. The SMILES string of the molecule is FC(F)(F)c1cc(-n2nnc(-c3ccccn3)n2)cc(C(F)(F)F)c1. The van der Waals surface area contributed by atoms with Crippen LogP contribution in [0.4, 0.5) is 26.3 Å². The summed E-state index contributed by atoms with van der Waals surface area (Å²) in [5.74, 6) is -0.0356. The highest BCUT2D eigenvalue weighted by atomic mass is 19.4. The van der Waals surface area contributed by atoms with Gasteiger partial charge >= 0.3 is 12.4 Å². The Morgan fingerprint density at radius 2 is 1.48 bits per heavy atom. The highest BCUT2D eigenvalue weighted by Crippen LogP contribution is 2.36. The van der Waals surface area contributed by atoms with Gasteiger partial charge in [-0.3, -0.25) is 4.98 Å². The van der Waals surface area contributed by atoms with Crippen LogP contribution in [-0.2, 0) is 12.4 Å². The summed E-state index contributed by atoms with van der Waals surface area (Å²) in [5.41, 5.74) is -3.17. The van der Waals surface area contributed by atoms with E-state index in [0.717, 1.165) is 0 Å². The van der Waals surface area contributed by atoms with Gasteiger partial charge in [0.25, 0.3) is 0 Å². The molecule has 2 aromatic heterocycles. The highest BCUT2D eigenvalue weighted by molar-refractivity contribution is 5.48. The number of alkyl halides is 6. The number of pyridine rings is 1. The molecule has 0 bridgehead atoms. The summed E-state index contributed by atoms with van der Waals surface area (Å²) in [6.45, 7) is 0. The molecule has 0 spiro atoms. The third-order valence-corrected chi connectivity index (χ3v) is 3.11. The second-order valence-electron chi connectivity index (χ2n) is 4.88. The molecule has 0 unspecified atom stereocenters. The second kappa shape index (κ2) is 5.83. The van der Waals surface area contributed by atoms with Gasteiger partial charge in [0.05, 0.1) is 16.8 Å². The zero-order valence-electron chi connectivity index (χ0n) is 12.0. The van der Waals surface area contributed by atoms with Crippen LogP contribution < -0.4 is 0 Å². The van der Waals surface area contributed by atoms with Crippen LogP contribution in [0.2, 0.25) is 0 Å². The Bertz CT molecular complexity index is 852. The minimum atomic E-state index is -4.96. The van der Waals surface area contributed by atoms with Crippen LogP contribution >= 0.6 is 0 Å². The van der Waals surface area contributed by atoms with Crippen LogP contribution in [0, 0.1) is 0 Å². The molecule has 130 valence electrons. The fourth-order valence-corrected chi connectivity index (χ4v) is 1.98. The summed E-state index contributed by atoms with van der Waals surface area (Å²) < 4.78 is 77.3. The van der Waals surface area contributed by atoms with Gasteiger partial charge in [-0.1, -0.05) is 6.07 Å². The lowest BCUT2D eigenvalue weighted by Crippen LogP contribution is -2.13. The van der Waals surface area contributed by atoms with Crippen molar-refractivity contribution in [2.45, 2.75) is 12.4 Å². The van der Waals surface area contributed by atoms with Crippen LogP contribution in [-0.4, -0.2) is 25.2 Å². The summed E-state index contributed by atoms with van der Waals surface area (Å²) in [4.78, 5) is 4.52. The zero-order chi connectivity index (χ0) is 18.2. The Kier molecular flexibility index (Phi) is 3.93. The standard InChI is InChI=1S/C14H7F6N5/c15-13(16,17)8-5-9(14(18,19)20)7-10(6-8)25-23-12(22-24-25)11-3-1-2-4-21-11/h1-7H. The van der Waals surface area contributed by atoms with Gasteiger partial charge < -0.3 is 0 Å². The van der Waals surface area contributed by atoms with E-state index < -0.39 is 29.2 Å². The van der Waals surface area contributed by atoms with E-state index in [1.807, 2.05) is 0 Å². The topological polar surface area (TPSA) is 56.5 Å². The van der Waals surface area contributed by atoms with E-state index in [2.05, 4.69) is 20.4 Å². The number of rotatable bonds is 2. The normalized spacial score (nSPS) is 12.4. The summed E-state index contributed by atoms with van der Waals surface area (Å²) in [5, 5.41) is 10.9. The van der Waals surface area contributed by atoms with Crippen LogP contribution in [0.25, 0.3) is 17.2 Å². The summed E-state index contributed by atoms with van der Waals surface area (Å²) in [6, 6.07) is 5.82. The average Bonchev–Trinajstić information content (AvgIpc) is 3.04. The van der Waals surface area contributed by atoms with Gasteiger partial charge in [-0.15, -0.1) is 15.0 Å². The van der Waals surface area contributed by atoms with Gasteiger partial charge in [0.15, 0.2) is 0 Å². The van der Waals surface area contributed by atoms with Crippen molar-refractivity contribution in [1.29, 1.82) is 0 Å². The largest absolute Gasteiger partial charge is 0.416 e. The molecule has 11 heteroatoms. The number of benzene rings is 1. The molecule has 0 aliphatic carbocycles. The number of halogens is 6. The first kappa shape index (κ1) is 16.9. The van der Waals surface area contributed by atoms with Gasteiger partial charge in [0.1, 0.15) is 5.69 Å². The summed E-state index contributed by atoms with van der Waals surface area (Å²) >= 11 is 0. The van der Waals surface area contributed by atoms with Crippen LogP contribution in [0.15, 0.2) is 42.6 Å². The first-order valence-electron chi connectivity index (χ1n) is 6.66. The molecule has 0 amide bonds. The lowest BCUT2D eigenvalue weighted by atomic mass is 10.1. The maximum absolute atomic E-state index is 12.9. The highest BCUT2D eigenvalue weighted by Gasteiger charge is 2.37. The lowest BCUT2D eigenvalue weighted by molar-refractivity contribution is -0.143. The van der Waals surface area contributed by atoms with Crippen molar-refractivity contribution in [2.75, 3.05) is 0 Å². The van der Waals surface area contributed by atoms with Crippen molar-refractivity contribution < 1.29 is 26.3 Å². The van der Waals surface area contributed by atoms with E-state index in [-0.39, 0.29) is 17.6 Å². The van der Waals surface area contributed by atoms with Gasteiger partial charge in [0.2, 0.25) is 5.82 Å². The van der Waals surface area contributed by atoms with Gasteiger partial charge in [-0.05, 0) is 35.5 Å². The van der Waals surface area contributed by atoms with Crippen LogP contribution in [0.5, 0.6) is 0 Å². The van der Waals surface area contributed by atoms with Crippen molar-refractivity contribution in [3.8, 4) is 17.2 Å². The molecule has 0 saturated heterocycles. The molecule has 3 rings (SSSR count). The number of tetrazole rings is 1. The Labute approximate surface area is 135 Å². The molecule has 25 heavy (non-hydrogen) atoms. The van der Waals surface area contributed by atoms with Crippen molar-refractivity contribution in [2.24, 2.45) is 0 Å². The Hall–Kier alpha value is -2.98. The predicted octanol–water partition coefficient (Wildman–Crippen LogP) is 3.76. The minimum Gasteiger partial charge on any atom is -0.253 e. The van der Waals surface area contributed by atoms with Crippen LogP contribution in [0.3, 0.4) is 0 Å². The van der Waals surface area contributed by atoms with E-state index in [0.29, 0.717) is 16.9 Å². The van der Waals surface area contributed by atoms with E-state index in [9.17, 15) is 26.3 Å². The van der Waals surface area contributed by atoms with Gasteiger partial charge in [-0.25, -0.2) is 0 Å². The molecular formula is C14H7F6N5. The van der Waals surface area contributed by atoms with Gasteiger partial charge in [-0.2, -0.15) is 26.3 Å². The van der Waals surface area contributed by atoms with Crippen LogP contribution in [0.1, 0.15) is 11.1 Å². The molecule has 0 aliphatic rings. The van der Waals surface area contributed by atoms with Crippen molar-refractivity contribution in [3.05, 3.63) is 53.7 Å². The molecule has 0 atom stereocenters. The van der Waals surface area contributed by atoms with Gasteiger partial charge in [0, 0.05) is 6.20 Å². The Balaban J connectivity index is 2.09. The molecule has 0 fully saturated rings. The van der Waals surface area contributed by atoms with E-state index in [1.165, 1.54) is 12.3 Å². The predicted molar refractivity (Wildman–Crippen MR) is 72.4 cm³/mol. The van der Waals surface area contributed by atoms with E-state index in [4.69, 9.17) is 0 Å². The smallest absolute Gasteiger partial charge is 0.253 e. The maximum Gasteiger partial charge on any atom is 0.416 e. The number of hydrogen-bond acceptors (Lipinski definition) is 4. The molecule has 5 nitrogen and oxygen atoms in total. The quantitative estimate of drug-likeness (QED) is 0.654. The molecule has 0 aliphatic heterocycles. The Morgan fingerprint density at radius 1 is 0.840 bits per heavy atom.